The smallest absolute Gasteiger partial charge is 0.223 e. The minimum absolute atomic E-state index is 0.0192. The highest BCUT2D eigenvalue weighted by Crippen LogP contribution is 2.41. The molecule has 1 amide bonds. The van der Waals surface area contributed by atoms with E-state index in [-0.39, 0.29) is 29.4 Å². The zero-order valence-electron chi connectivity index (χ0n) is 25.1. The second kappa shape index (κ2) is 13.8. The molecule has 0 bridgehead atoms. The van der Waals surface area contributed by atoms with Crippen LogP contribution in [0, 0.1) is 5.41 Å². The molecule has 4 aliphatic rings. The van der Waals surface area contributed by atoms with Gasteiger partial charge < -0.3 is 15.3 Å². The number of aliphatic hydroxyl groups is 1. The summed E-state index contributed by atoms with van der Waals surface area (Å²) in [4.78, 5) is 22.3. The van der Waals surface area contributed by atoms with E-state index in [0.717, 1.165) is 48.2 Å². The molecule has 3 heterocycles. The summed E-state index contributed by atoms with van der Waals surface area (Å²) in [6.07, 6.45) is 12.7. The Hall–Kier alpha value is -1.97. The number of amides is 1. The number of carbonyl (C=O) groups is 1. The van der Waals surface area contributed by atoms with Crippen LogP contribution >= 0.6 is 27.5 Å². The van der Waals surface area contributed by atoms with Crippen LogP contribution in [-0.4, -0.2) is 78.1 Å². The number of allylic oxidation sites excluding steroid dienone is 3. The second-order valence-corrected chi connectivity index (χ2v) is 13.9. The number of aryl methyl sites for hydroxylation is 1. The summed E-state index contributed by atoms with van der Waals surface area (Å²) in [7, 11) is 0. The lowest BCUT2D eigenvalue weighted by Gasteiger charge is -2.47. The molecule has 9 heteroatoms. The zero-order chi connectivity index (χ0) is 29.9. The lowest BCUT2D eigenvalue weighted by atomic mass is 9.88. The van der Waals surface area contributed by atoms with Crippen molar-refractivity contribution in [1.82, 2.24) is 20.4 Å². The number of unbranched alkanes of at least 4 members (excludes halogenated alkanes) is 2. The lowest BCUT2D eigenvalue weighted by Crippen LogP contribution is -2.63. The first kappa shape index (κ1) is 31.5. The number of piperazine rings is 1. The fraction of sp³-hybridized carbons (Fsp3) is 0.576. The Balaban J connectivity index is 1.45. The maximum Gasteiger partial charge on any atom is 0.223 e. The van der Waals surface area contributed by atoms with Crippen LogP contribution in [0.2, 0.25) is 5.02 Å². The van der Waals surface area contributed by atoms with Gasteiger partial charge in [0.25, 0.3) is 0 Å². The number of nitrogens with one attached hydrogen (secondary N) is 2. The summed E-state index contributed by atoms with van der Waals surface area (Å²) in [5.41, 5.74) is 4.83. The van der Waals surface area contributed by atoms with Crippen LogP contribution in [0.25, 0.3) is 0 Å². The molecule has 0 spiro atoms. The van der Waals surface area contributed by atoms with E-state index >= 15 is 0 Å². The first-order chi connectivity index (χ1) is 20.2. The summed E-state index contributed by atoms with van der Waals surface area (Å²) in [6.45, 7) is 9.57. The number of nitrogens with zero attached hydrogens (tertiary/aromatic N) is 3. The van der Waals surface area contributed by atoms with Gasteiger partial charge >= 0.3 is 0 Å². The maximum absolute atomic E-state index is 13.5. The average Bonchev–Trinajstić information content (AvgIpc) is 3.12. The minimum Gasteiger partial charge on any atom is -0.379 e. The number of hydrogen-bond acceptors (Lipinski definition) is 6. The van der Waals surface area contributed by atoms with Crippen molar-refractivity contribution in [3.63, 3.8) is 0 Å². The summed E-state index contributed by atoms with van der Waals surface area (Å²) < 4.78 is 1.15. The molecule has 3 N–H and O–H groups in total. The van der Waals surface area contributed by atoms with E-state index in [1.165, 1.54) is 22.4 Å². The van der Waals surface area contributed by atoms with Crippen LogP contribution in [0.3, 0.4) is 0 Å². The first-order valence-electron chi connectivity index (χ1n) is 15.5. The fourth-order valence-corrected chi connectivity index (χ4v) is 7.23. The second-order valence-electron chi connectivity index (χ2n) is 12.5. The van der Waals surface area contributed by atoms with Gasteiger partial charge in [0, 0.05) is 66.0 Å². The molecule has 0 radical (unpaired) electrons. The van der Waals surface area contributed by atoms with E-state index in [9.17, 15) is 9.90 Å². The number of halogens is 2. The average molecular weight is 659 g/mol. The van der Waals surface area contributed by atoms with Gasteiger partial charge in [-0.15, -0.1) is 0 Å². The van der Waals surface area contributed by atoms with Crippen molar-refractivity contribution in [1.29, 1.82) is 0 Å². The maximum atomic E-state index is 13.5. The topological polar surface area (TPSA) is 80.2 Å². The minimum atomic E-state index is -0.866. The first-order valence-corrected chi connectivity index (χ1v) is 16.6. The van der Waals surface area contributed by atoms with Crippen LogP contribution < -0.4 is 10.6 Å². The van der Waals surface area contributed by atoms with Crippen LogP contribution in [0.1, 0.15) is 70.0 Å². The Labute approximate surface area is 264 Å². The third kappa shape index (κ3) is 7.05. The predicted molar refractivity (Wildman–Crippen MR) is 175 cm³/mol. The van der Waals surface area contributed by atoms with Gasteiger partial charge in [0.15, 0.2) is 0 Å². The molecule has 228 valence electrons. The molecule has 1 fully saturated rings. The number of aliphatic imine (C=N–C) groups is 1. The van der Waals surface area contributed by atoms with E-state index in [1.54, 1.807) is 0 Å². The van der Waals surface area contributed by atoms with Crippen molar-refractivity contribution in [2.45, 2.75) is 83.6 Å². The fourth-order valence-electron chi connectivity index (χ4n) is 6.64. The number of carbonyl (C=O) groups excluding carboxylic acids is 1. The predicted octanol–water partition coefficient (Wildman–Crippen LogP) is 5.50. The molecule has 7 nitrogen and oxygen atoms in total. The molecular formula is C33H45BrClN5O2. The third-order valence-electron chi connectivity index (χ3n) is 9.13. The molecule has 5 atom stereocenters. The van der Waals surface area contributed by atoms with Crippen molar-refractivity contribution in [3.05, 3.63) is 68.3 Å². The quantitative estimate of drug-likeness (QED) is 0.241. The highest BCUT2D eigenvalue weighted by molar-refractivity contribution is 9.11. The monoisotopic (exact) mass is 657 g/mol. The van der Waals surface area contributed by atoms with Gasteiger partial charge in [-0.25, -0.2) is 0 Å². The van der Waals surface area contributed by atoms with Crippen LogP contribution in [0.4, 0.5) is 0 Å². The van der Waals surface area contributed by atoms with Gasteiger partial charge in [0.05, 0.1) is 18.1 Å². The molecule has 1 aromatic rings. The van der Waals surface area contributed by atoms with Crippen LogP contribution in [0.15, 0.2) is 57.2 Å². The molecular weight excluding hydrogens is 614 g/mol. The summed E-state index contributed by atoms with van der Waals surface area (Å²) in [5, 5.41) is 19.6. The Bertz CT molecular complexity index is 1280. The number of aliphatic hydroxyl groups excluding tert-OH is 1. The Kier molecular flexibility index (Phi) is 10.3. The molecule has 5 rings (SSSR count). The van der Waals surface area contributed by atoms with Crippen LogP contribution in [-0.2, 0) is 11.2 Å². The molecule has 1 aliphatic carbocycles. The molecule has 42 heavy (non-hydrogen) atoms. The number of fused-ring (bicyclic) bond motifs is 1. The number of rotatable bonds is 9. The zero-order valence-corrected chi connectivity index (χ0v) is 27.4. The Morgan fingerprint density at radius 1 is 1.31 bits per heavy atom. The van der Waals surface area contributed by atoms with Crippen molar-refractivity contribution >= 4 is 39.7 Å². The largest absolute Gasteiger partial charge is 0.379 e. The standard InChI is InChI=1S/C33H45BrClN5O2/c1-4-5-6-8-29(41)40-16-15-39(19-28(40)32(42)37-21-33(3)13-7-14-36-20-33)31-26-12-11-25(35)17-23(26)9-10-24-18-27(34)22(2)38-30(24)31/h7,11-14,17-18,22,28,31-32,37-38,42H,4-6,8-10,15-16,19-21H2,1-3H3. The van der Waals surface area contributed by atoms with Gasteiger partial charge in [0.1, 0.15) is 6.23 Å². The lowest BCUT2D eigenvalue weighted by molar-refractivity contribution is -0.141. The molecule has 5 unspecified atom stereocenters. The summed E-state index contributed by atoms with van der Waals surface area (Å²) >= 11 is 10.2. The molecule has 0 aromatic heterocycles. The van der Waals surface area contributed by atoms with Crippen molar-refractivity contribution in [2.75, 3.05) is 32.7 Å². The number of benzene rings is 1. The van der Waals surface area contributed by atoms with Crippen LogP contribution in [0.5, 0.6) is 0 Å². The Morgan fingerprint density at radius 2 is 2.14 bits per heavy atom. The van der Waals surface area contributed by atoms with E-state index < -0.39 is 6.23 Å². The van der Waals surface area contributed by atoms with E-state index in [2.05, 4.69) is 81.5 Å². The van der Waals surface area contributed by atoms with Gasteiger partial charge in [-0.3, -0.25) is 20.0 Å². The number of hydrogen-bond donors (Lipinski definition) is 3. The highest BCUT2D eigenvalue weighted by Gasteiger charge is 2.41. The van der Waals surface area contributed by atoms with Crippen molar-refractivity contribution < 1.29 is 9.90 Å². The van der Waals surface area contributed by atoms with Crippen molar-refractivity contribution in [3.8, 4) is 0 Å². The van der Waals surface area contributed by atoms with Crippen molar-refractivity contribution in [2.24, 2.45) is 10.4 Å². The van der Waals surface area contributed by atoms with Gasteiger partial charge in [-0.1, -0.05) is 66.4 Å². The highest BCUT2D eigenvalue weighted by atomic mass is 79.9. The van der Waals surface area contributed by atoms with E-state index in [0.29, 0.717) is 32.6 Å². The van der Waals surface area contributed by atoms with Gasteiger partial charge in [0.2, 0.25) is 5.91 Å². The molecule has 1 saturated heterocycles. The molecule has 1 aromatic carbocycles. The van der Waals surface area contributed by atoms with Gasteiger partial charge in [-0.2, -0.15) is 0 Å². The summed E-state index contributed by atoms with van der Waals surface area (Å²) in [6, 6.07) is 6.02. The van der Waals surface area contributed by atoms with E-state index in [1.807, 2.05) is 23.3 Å². The van der Waals surface area contributed by atoms with Gasteiger partial charge in [-0.05, 0) is 67.2 Å². The third-order valence-corrected chi connectivity index (χ3v) is 10.3. The summed E-state index contributed by atoms with van der Waals surface area (Å²) in [5.74, 6) is 0.131. The SMILES string of the molecule is CCCCCC(=O)N1CCN(C2C3=C(C=C(Br)C(C)N3)CCc3cc(Cl)ccc32)CC1C(O)NCC1(C)C=CC=NC1. The van der Waals surface area contributed by atoms with E-state index in [4.69, 9.17) is 11.6 Å². The Morgan fingerprint density at radius 3 is 2.90 bits per heavy atom. The normalized spacial score (nSPS) is 28.5. The number of dihydropyridines is 2. The molecule has 0 saturated carbocycles. The molecule has 3 aliphatic heterocycles.